The van der Waals surface area contributed by atoms with Crippen molar-refractivity contribution >= 4 is 11.8 Å². The summed E-state index contributed by atoms with van der Waals surface area (Å²) < 4.78 is 24.4. The van der Waals surface area contributed by atoms with Crippen LogP contribution in [0.3, 0.4) is 0 Å². The summed E-state index contributed by atoms with van der Waals surface area (Å²) in [6.07, 6.45) is 2.02. The number of ether oxygens (including phenoxy) is 1. The number of benzene rings is 2. The van der Waals surface area contributed by atoms with Gasteiger partial charge in [0.05, 0.1) is 0 Å². The lowest BCUT2D eigenvalue weighted by atomic mass is 10.2. The lowest BCUT2D eigenvalue weighted by molar-refractivity contribution is 0.234. The van der Waals surface area contributed by atoms with Gasteiger partial charge in [0, 0.05) is 27.3 Å². The highest BCUT2D eigenvalue weighted by molar-refractivity contribution is 7.98. The molecule has 0 spiro atoms. The van der Waals surface area contributed by atoms with Gasteiger partial charge >= 0.3 is 0 Å². The van der Waals surface area contributed by atoms with Gasteiger partial charge in [-0.2, -0.15) is 9.97 Å². The smallest absolute Gasteiger partial charge is 0.264 e. The fourth-order valence-electron chi connectivity index (χ4n) is 2.77. The number of aromatic nitrogens is 4. The molecule has 4 rings (SSSR count). The van der Waals surface area contributed by atoms with Gasteiger partial charge in [0.25, 0.3) is 5.89 Å². The van der Waals surface area contributed by atoms with E-state index in [4.69, 9.17) is 9.26 Å². The van der Waals surface area contributed by atoms with Crippen LogP contribution in [0.5, 0.6) is 5.88 Å². The number of halogens is 1. The molecule has 6 nitrogen and oxygen atoms in total. The summed E-state index contributed by atoms with van der Waals surface area (Å²) in [5.74, 6) is 1.43. The Balaban J connectivity index is 1.52. The molecule has 2 aromatic heterocycles. The van der Waals surface area contributed by atoms with E-state index in [9.17, 15) is 4.39 Å². The van der Waals surface area contributed by atoms with E-state index in [-0.39, 0.29) is 12.4 Å². The van der Waals surface area contributed by atoms with Crippen LogP contribution in [-0.2, 0) is 6.61 Å². The Morgan fingerprint density at radius 2 is 1.57 bits per heavy atom. The molecule has 0 amide bonds. The maximum absolute atomic E-state index is 13.2. The highest BCUT2D eigenvalue weighted by Crippen LogP contribution is 2.25. The number of hydrogen-bond acceptors (Lipinski definition) is 7. The molecular weight excluding hydrogens is 403 g/mol. The third-order valence-corrected chi connectivity index (χ3v) is 5.34. The molecule has 0 unspecified atom stereocenters. The van der Waals surface area contributed by atoms with Crippen molar-refractivity contribution in [3.05, 3.63) is 71.5 Å². The van der Waals surface area contributed by atoms with Crippen LogP contribution < -0.4 is 4.74 Å². The minimum Gasteiger partial charge on any atom is -0.467 e. The molecule has 0 fully saturated rings. The molecule has 0 aliphatic heterocycles. The van der Waals surface area contributed by atoms with Gasteiger partial charge in [0.2, 0.25) is 11.7 Å². The molecule has 0 radical (unpaired) electrons. The molecule has 2 heterocycles. The van der Waals surface area contributed by atoms with Gasteiger partial charge in [-0.3, -0.25) is 0 Å². The molecule has 4 aromatic rings. The lowest BCUT2D eigenvalue weighted by Crippen LogP contribution is -2.04. The molecule has 0 aliphatic carbocycles. The monoisotopic (exact) mass is 422 g/mol. The second kappa shape index (κ2) is 8.62. The van der Waals surface area contributed by atoms with Crippen molar-refractivity contribution in [2.24, 2.45) is 0 Å². The summed E-state index contributed by atoms with van der Waals surface area (Å²) in [6, 6.07) is 13.9. The van der Waals surface area contributed by atoms with Crippen LogP contribution in [0.15, 0.2) is 57.9 Å². The first-order valence-electron chi connectivity index (χ1n) is 9.24. The van der Waals surface area contributed by atoms with Crippen molar-refractivity contribution in [3.8, 4) is 28.7 Å². The molecule has 0 aliphatic rings. The number of aryl methyl sites for hydroxylation is 1. The van der Waals surface area contributed by atoms with Gasteiger partial charge in [-0.25, -0.2) is 9.37 Å². The Kier molecular flexibility index (Phi) is 5.76. The van der Waals surface area contributed by atoms with Crippen LogP contribution in [0.1, 0.15) is 17.1 Å². The van der Waals surface area contributed by atoms with Gasteiger partial charge in [0.15, 0.2) is 12.4 Å². The Hall–Kier alpha value is -3.26. The van der Waals surface area contributed by atoms with E-state index in [1.165, 1.54) is 12.1 Å². The maximum atomic E-state index is 13.2. The Morgan fingerprint density at radius 1 is 0.900 bits per heavy atom. The van der Waals surface area contributed by atoms with Crippen LogP contribution in [0.25, 0.3) is 22.8 Å². The zero-order chi connectivity index (χ0) is 21.1. The average Bonchev–Trinajstić information content (AvgIpc) is 3.24. The van der Waals surface area contributed by atoms with Gasteiger partial charge in [-0.15, -0.1) is 11.8 Å². The van der Waals surface area contributed by atoms with E-state index < -0.39 is 0 Å². The van der Waals surface area contributed by atoms with Crippen molar-refractivity contribution in [1.29, 1.82) is 0 Å². The Morgan fingerprint density at radius 3 is 2.27 bits per heavy atom. The minimum atomic E-state index is -0.311. The van der Waals surface area contributed by atoms with Crippen LogP contribution in [0, 0.1) is 19.7 Å². The van der Waals surface area contributed by atoms with Crippen molar-refractivity contribution in [1.82, 2.24) is 20.1 Å². The summed E-state index contributed by atoms with van der Waals surface area (Å²) >= 11 is 1.67. The van der Waals surface area contributed by atoms with Crippen molar-refractivity contribution < 1.29 is 13.7 Å². The summed E-state index contributed by atoms with van der Waals surface area (Å²) in [6.45, 7) is 3.83. The summed E-state index contributed by atoms with van der Waals surface area (Å²) in [7, 11) is 0. The first kappa shape index (κ1) is 20.0. The minimum absolute atomic E-state index is 0.0794. The van der Waals surface area contributed by atoms with E-state index in [0.29, 0.717) is 29.0 Å². The zero-order valence-corrected chi connectivity index (χ0v) is 17.5. The van der Waals surface area contributed by atoms with Crippen LogP contribution in [-0.4, -0.2) is 26.4 Å². The third-order valence-electron chi connectivity index (χ3n) is 4.60. The van der Waals surface area contributed by atoms with Crippen LogP contribution in [0.2, 0.25) is 0 Å². The highest BCUT2D eigenvalue weighted by Gasteiger charge is 2.14. The number of hydrogen-bond donors (Lipinski definition) is 0. The number of rotatable bonds is 6. The van der Waals surface area contributed by atoms with Crippen molar-refractivity contribution in [2.45, 2.75) is 25.3 Å². The first-order chi connectivity index (χ1) is 14.5. The lowest BCUT2D eigenvalue weighted by Gasteiger charge is -2.10. The van der Waals surface area contributed by atoms with Crippen LogP contribution in [0.4, 0.5) is 4.39 Å². The van der Waals surface area contributed by atoms with E-state index in [2.05, 4.69) is 20.1 Å². The fourth-order valence-corrected chi connectivity index (χ4v) is 3.18. The molecule has 0 N–H and O–H groups in total. The first-order valence-corrected chi connectivity index (χ1v) is 10.5. The molecule has 0 atom stereocenters. The van der Waals surface area contributed by atoms with Crippen molar-refractivity contribution in [3.63, 3.8) is 0 Å². The molecular formula is C22H19FN4O2S. The number of nitrogens with zero attached hydrogens (tertiary/aromatic N) is 4. The highest BCUT2D eigenvalue weighted by atomic mass is 32.2. The summed E-state index contributed by atoms with van der Waals surface area (Å²) in [5.41, 5.74) is 3.17. The van der Waals surface area contributed by atoms with Gasteiger partial charge in [-0.1, -0.05) is 5.16 Å². The quantitative estimate of drug-likeness (QED) is 0.393. The Labute approximate surface area is 177 Å². The SMILES string of the molecule is CSc1ccc(-c2noc(COc3nc(-c4ccc(F)cc4)nc(C)c3C)n2)cc1. The molecule has 2 aromatic carbocycles. The third kappa shape index (κ3) is 4.33. The second-order valence-corrected chi connectivity index (χ2v) is 7.48. The molecule has 0 saturated heterocycles. The largest absolute Gasteiger partial charge is 0.467 e. The second-order valence-electron chi connectivity index (χ2n) is 6.60. The molecule has 0 saturated carbocycles. The van der Waals surface area contributed by atoms with E-state index in [1.807, 2.05) is 44.4 Å². The van der Waals surface area contributed by atoms with E-state index >= 15 is 0 Å². The normalized spacial score (nSPS) is 10.9. The number of thioether (sulfide) groups is 1. The predicted octanol–water partition coefficient (Wildman–Crippen LogP) is 5.25. The van der Waals surface area contributed by atoms with E-state index in [1.54, 1.807) is 23.9 Å². The topological polar surface area (TPSA) is 73.9 Å². The van der Waals surface area contributed by atoms with Gasteiger partial charge < -0.3 is 9.26 Å². The van der Waals surface area contributed by atoms with Gasteiger partial charge in [0.1, 0.15) is 5.82 Å². The summed E-state index contributed by atoms with van der Waals surface area (Å²) in [5, 5.41) is 4.03. The molecule has 8 heteroatoms. The maximum Gasteiger partial charge on any atom is 0.264 e. The Bertz CT molecular complexity index is 1160. The van der Waals surface area contributed by atoms with Gasteiger partial charge in [-0.05, 0) is 68.6 Å². The van der Waals surface area contributed by atoms with Crippen LogP contribution >= 0.6 is 11.8 Å². The molecule has 152 valence electrons. The molecule has 30 heavy (non-hydrogen) atoms. The fraction of sp³-hybridized carbons (Fsp3) is 0.182. The van der Waals surface area contributed by atoms with Crippen molar-refractivity contribution in [2.75, 3.05) is 6.26 Å². The molecule has 0 bridgehead atoms. The van der Waals surface area contributed by atoms with E-state index in [0.717, 1.165) is 21.7 Å². The average molecular weight is 422 g/mol. The summed E-state index contributed by atoms with van der Waals surface area (Å²) in [4.78, 5) is 14.5. The zero-order valence-electron chi connectivity index (χ0n) is 16.7. The predicted molar refractivity (Wildman–Crippen MR) is 113 cm³/mol. The standard InChI is InChI=1S/C22H19FN4O2S/c1-13-14(2)24-20(15-4-8-17(23)9-5-15)26-22(13)28-12-19-25-21(27-29-19)16-6-10-18(30-3)11-7-16/h4-11H,12H2,1-3H3.